The van der Waals surface area contributed by atoms with E-state index >= 15 is 0 Å². The maximum atomic E-state index is 10.6. The summed E-state index contributed by atoms with van der Waals surface area (Å²) in [6, 6.07) is 5.90. The van der Waals surface area contributed by atoms with E-state index in [1.807, 2.05) is 18.2 Å². The van der Waals surface area contributed by atoms with Crippen LogP contribution < -0.4 is 0 Å². The molecular weight excluding hydrogens is 224 g/mol. The Morgan fingerprint density at radius 1 is 1.33 bits per heavy atom. The molecule has 0 bridgehead atoms. The molecule has 3 heteroatoms. The van der Waals surface area contributed by atoms with E-state index in [1.165, 1.54) is 0 Å². The molecule has 0 saturated carbocycles. The van der Waals surface area contributed by atoms with Crippen LogP contribution in [-0.4, -0.2) is 40.2 Å². The second-order valence-corrected chi connectivity index (χ2v) is 5.92. The minimum Gasteiger partial charge on any atom is -0.389 e. The summed E-state index contributed by atoms with van der Waals surface area (Å²) in [6.45, 7) is 7.63. The third-order valence-corrected chi connectivity index (χ3v) is 3.65. The van der Waals surface area contributed by atoms with E-state index in [-0.39, 0.29) is 0 Å². The van der Waals surface area contributed by atoms with Gasteiger partial charge < -0.3 is 10.0 Å². The largest absolute Gasteiger partial charge is 0.389 e. The summed E-state index contributed by atoms with van der Waals surface area (Å²) in [6.07, 6.45) is 4.20. The first-order valence-corrected chi connectivity index (χ1v) is 6.92. The fraction of sp³-hybridized carbons (Fsp3) is 0.667. The molecule has 0 aromatic carbocycles. The summed E-state index contributed by atoms with van der Waals surface area (Å²) in [5.41, 5.74) is 0.444. The van der Waals surface area contributed by atoms with E-state index in [1.54, 1.807) is 6.20 Å². The lowest BCUT2D eigenvalue weighted by Gasteiger charge is -2.38. The highest BCUT2D eigenvalue weighted by atomic mass is 16.3. The van der Waals surface area contributed by atoms with Gasteiger partial charge in [-0.25, -0.2) is 0 Å². The Bertz CT molecular complexity index is 356. The van der Waals surface area contributed by atoms with Gasteiger partial charge in [-0.1, -0.05) is 19.9 Å². The zero-order valence-electron chi connectivity index (χ0n) is 11.5. The summed E-state index contributed by atoms with van der Waals surface area (Å²) in [5, 5.41) is 10.6. The van der Waals surface area contributed by atoms with Crippen LogP contribution in [0.15, 0.2) is 24.4 Å². The van der Waals surface area contributed by atoms with E-state index in [2.05, 4.69) is 23.7 Å². The zero-order valence-corrected chi connectivity index (χ0v) is 11.5. The number of nitrogens with zero attached hydrogens (tertiary/aromatic N) is 2. The van der Waals surface area contributed by atoms with Gasteiger partial charge in [-0.3, -0.25) is 4.98 Å². The maximum absolute atomic E-state index is 10.6. The number of aliphatic hydroxyl groups is 1. The molecule has 1 aliphatic rings. The van der Waals surface area contributed by atoms with Gasteiger partial charge in [0.15, 0.2) is 0 Å². The molecule has 1 N–H and O–H groups in total. The molecule has 2 rings (SSSR count). The highest BCUT2D eigenvalue weighted by Gasteiger charge is 2.32. The second-order valence-electron chi connectivity index (χ2n) is 5.92. The molecule has 1 fully saturated rings. The smallest absolute Gasteiger partial charge is 0.0727 e. The zero-order chi connectivity index (χ0) is 13.0. The van der Waals surface area contributed by atoms with Crippen molar-refractivity contribution >= 4 is 0 Å². The molecule has 0 aliphatic carbocycles. The van der Waals surface area contributed by atoms with Gasteiger partial charge in [-0.05, 0) is 30.9 Å². The Morgan fingerprint density at radius 2 is 2.06 bits per heavy atom. The van der Waals surface area contributed by atoms with Crippen molar-refractivity contribution in [3.63, 3.8) is 0 Å². The average molecular weight is 248 g/mol. The lowest BCUT2D eigenvalue weighted by molar-refractivity contribution is -0.0233. The number of pyridine rings is 1. The van der Waals surface area contributed by atoms with Gasteiger partial charge in [0.25, 0.3) is 0 Å². The first-order valence-electron chi connectivity index (χ1n) is 6.92. The predicted molar refractivity (Wildman–Crippen MR) is 73.4 cm³/mol. The first kappa shape index (κ1) is 13.5. The highest BCUT2D eigenvalue weighted by Crippen LogP contribution is 2.26. The van der Waals surface area contributed by atoms with Crippen molar-refractivity contribution in [3.05, 3.63) is 30.1 Å². The summed E-state index contributed by atoms with van der Waals surface area (Å²) in [7, 11) is 0. The van der Waals surface area contributed by atoms with Crippen molar-refractivity contribution < 1.29 is 5.11 Å². The van der Waals surface area contributed by atoms with Gasteiger partial charge in [0, 0.05) is 37.9 Å². The van der Waals surface area contributed by atoms with Crippen LogP contribution in [0.3, 0.4) is 0 Å². The Hall–Kier alpha value is -0.930. The molecular formula is C15H24N2O. The summed E-state index contributed by atoms with van der Waals surface area (Å²) < 4.78 is 0. The van der Waals surface area contributed by atoms with Gasteiger partial charge in [0.05, 0.1) is 5.60 Å². The van der Waals surface area contributed by atoms with Crippen LogP contribution in [0.2, 0.25) is 0 Å². The SMILES string of the molecule is CC(C)CN1CCC(O)(Cc2ccccn2)CC1. The number of hydrogen-bond donors (Lipinski definition) is 1. The maximum Gasteiger partial charge on any atom is 0.0727 e. The fourth-order valence-electron chi connectivity index (χ4n) is 2.68. The molecule has 1 saturated heterocycles. The second kappa shape index (κ2) is 5.81. The quantitative estimate of drug-likeness (QED) is 0.886. The Labute approximate surface area is 110 Å². The monoisotopic (exact) mass is 248 g/mol. The molecule has 1 aromatic heterocycles. The van der Waals surface area contributed by atoms with Gasteiger partial charge in [0.2, 0.25) is 0 Å². The Kier molecular flexibility index (Phi) is 4.36. The average Bonchev–Trinajstić information content (AvgIpc) is 2.33. The van der Waals surface area contributed by atoms with Gasteiger partial charge in [-0.2, -0.15) is 0 Å². The molecule has 0 unspecified atom stereocenters. The van der Waals surface area contributed by atoms with Crippen LogP contribution in [0.4, 0.5) is 0 Å². The molecule has 100 valence electrons. The van der Waals surface area contributed by atoms with E-state index in [9.17, 15) is 5.11 Å². The van der Waals surface area contributed by atoms with Crippen LogP contribution >= 0.6 is 0 Å². The van der Waals surface area contributed by atoms with Gasteiger partial charge in [-0.15, -0.1) is 0 Å². The van der Waals surface area contributed by atoms with E-state index < -0.39 is 5.60 Å². The highest BCUT2D eigenvalue weighted by molar-refractivity contribution is 5.07. The van der Waals surface area contributed by atoms with Crippen molar-refractivity contribution in [3.8, 4) is 0 Å². The molecule has 2 heterocycles. The number of piperidine rings is 1. The Morgan fingerprint density at radius 3 is 2.61 bits per heavy atom. The Balaban J connectivity index is 1.87. The molecule has 0 radical (unpaired) electrons. The number of hydrogen-bond acceptors (Lipinski definition) is 3. The van der Waals surface area contributed by atoms with Crippen molar-refractivity contribution in [1.82, 2.24) is 9.88 Å². The van der Waals surface area contributed by atoms with E-state index in [0.29, 0.717) is 12.3 Å². The van der Waals surface area contributed by atoms with Crippen LogP contribution in [0.25, 0.3) is 0 Å². The minimum atomic E-state index is -0.554. The van der Waals surface area contributed by atoms with Gasteiger partial charge >= 0.3 is 0 Å². The third-order valence-electron chi connectivity index (χ3n) is 3.65. The van der Waals surface area contributed by atoms with Gasteiger partial charge in [0.1, 0.15) is 0 Å². The standard InChI is InChI=1S/C15H24N2O/c1-13(2)12-17-9-6-15(18,7-10-17)11-14-5-3-4-8-16-14/h3-5,8,13,18H,6-7,9-12H2,1-2H3. The predicted octanol–water partition coefficient (Wildman–Crippen LogP) is 2.11. The minimum absolute atomic E-state index is 0.554. The number of likely N-dealkylation sites (tertiary alicyclic amines) is 1. The molecule has 1 aliphatic heterocycles. The van der Waals surface area contributed by atoms with Crippen molar-refractivity contribution in [1.29, 1.82) is 0 Å². The molecule has 0 amide bonds. The number of aromatic nitrogens is 1. The topological polar surface area (TPSA) is 36.4 Å². The van der Waals surface area contributed by atoms with Crippen molar-refractivity contribution in [2.24, 2.45) is 5.92 Å². The van der Waals surface area contributed by atoms with Crippen molar-refractivity contribution in [2.75, 3.05) is 19.6 Å². The summed E-state index contributed by atoms with van der Waals surface area (Å²) in [5.74, 6) is 0.701. The van der Waals surface area contributed by atoms with Crippen LogP contribution in [0, 0.1) is 5.92 Å². The van der Waals surface area contributed by atoms with Crippen LogP contribution in [-0.2, 0) is 6.42 Å². The van der Waals surface area contributed by atoms with Crippen LogP contribution in [0.5, 0.6) is 0 Å². The molecule has 3 nitrogen and oxygen atoms in total. The number of rotatable bonds is 4. The molecule has 0 spiro atoms. The third kappa shape index (κ3) is 3.79. The lowest BCUT2D eigenvalue weighted by atomic mass is 9.86. The molecule has 18 heavy (non-hydrogen) atoms. The molecule has 1 aromatic rings. The normalized spacial score (nSPS) is 20.2. The fourth-order valence-corrected chi connectivity index (χ4v) is 2.68. The van der Waals surface area contributed by atoms with Crippen LogP contribution in [0.1, 0.15) is 32.4 Å². The van der Waals surface area contributed by atoms with Crippen molar-refractivity contribution in [2.45, 2.75) is 38.7 Å². The van der Waals surface area contributed by atoms with E-state index in [0.717, 1.165) is 38.2 Å². The lowest BCUT2D eigenvalue weighted by Crippen LogP contribution is -2.46. The first-order chi connectivity index (χ1) is 8.57. The summed E-state index contributed by atoms with van der Waals surface area (Å²) in [4.78, 5) is 6.77. The molecule has 0 atom stereocenters. The van der Waals surface area contributed by atoms with E-state index in [4.69, 9.17) is 0 Å². The summed E-state index contributed by atoms with van der Waals surface area (Å²) >= 11 is 0.